The van der Waals surface area contributed by atoms with Gasteiger partial charge in [0.2, 0.25) is 0 Å². The van der Waals surface area contributed by atoms with Crippen molar-refractivity contribution >= 4 is 5.97 Å². The first kappa shape index (κ1) is 12.4. The number of methoxy groups -OCH3 is 1. The Morgan fingerprint density at radius 2 is 2.08 bits per heavy atom. The van der Waals surface area contributed by atoms with Crippen LogP contribution in [0.4, 0.5) is 0 Å². The van der Waals surface area contributed by atoms with Gasteiger partial charge in [0.05, 0.1) is 13.2 Å². The molecule has 0 bridgehead atoms. The number of ether oxygens (including phenoxy) is 2. The van der Waals surface area contributed by atoms with Gasteiger partial charge in [0, 0.05) is 13.2 Å². The first-order valence-corrected chi connectivity index (χ1v) is 4.53. The molecule has 0 saturated carbocycles. The van der Waals surface area contributed by atoms with Gasteiger partial charge in [-0.1, -0.05) is 0 Å². The average Bonchev–Trinajstić information content (AvgIpc) is 2.05. The third-order valence-electron chi connectivity index (χ3n) is 1.59. The molecule has 0 spiro atoms. The normalized spacial score (nSPS) is 15.1. The molecule has 4 nitrogen and oxygen atoms in total. The predicted molar refractivity (Wildman–Crippen MR) is 50.6 cm³/mol. The van der Waals surface area contributed by atoms with Gasteiger partial charge in [-0.05, 0) is 20.8 Å². The molecule has 0 aliphatic carbocycles. The molecule has 1 N–H and O–H groups in total. The Kier molecular flexibility index (Phi) is 6.54. The largest absolute Gasteiger partial charge is 0.465 e. The fourth-order valence-electron chi connectivity index (χ4n) is 1.06. The molecule has 78 valence electrons. The van der Waals surface area contributed by atoms with Crippen molar-refractivity contribution in [2.24, 2.45) is 0 Å². The van der Waals surface area contributed by atoms with Gasteiger partial charge < -0.3 is 9.47 Å². The fourth-order valence-corrected chi connectivity index (χ4v) is 1.06. The fraction of sp³-hybridized carbons (Fsp3) is 0.889. The van der Waals surface area contributed by atoms with Crippen LogP contribution in [0.2, 0.25) is 0 Å². The van der Waals surface area contributed by atoms with Crippen LogP contribution in [0.15, 0.2) is 0 Å². The minimum atomic E-state index is -0.273. The molecule has 2 unspecified atom stereocenters. The third-order valence-corrected chi connectivity index (χ3v) is 1.59. The zero-order chi connectivity index (χ0) is 10.3. The zero-order valence-electron chi connectivity index (χ0n) is 8.79. The molecule has 0 aromatic rings. The molecule has 0 aliphatic rings. The Morgan fingerprint density at radius 1 is 1.46 bits per heavy atom. The lowest BCUT2D eigenvalue weighted by molar-refractivity contribution is -0.145. The van der Waals surface area contributed by atoms with E-state index < -0.39 is 0 Å². The van der Waals surface area contributed by atoms with Crippen LogP contribution in [0, 0.1) is 0 Å². The zero-order valence-corrected chi connectivity index (χ0v) is 8.79. The molecule has 0 saturated heterocycles. The minimum Gasteiger partial charge on any atom is -0.465 e. The van der Waals surface area contributed by atoms with Crippen molar-refractivity contribution in [3.63, 3.8) is 0 Å². The van der Waals surface area contributed by atoms with Crippen molar-refractivity contribution in [3.05, 3.63) is 0 Å². The molecule has 0 aliphatic heterocycles. The quantitative estimate of drug-likeness (QED) is 0.620. The SMILES string of the molecule is CCOC(=O)C(C)NC(C)COC. The number of nitrogens with one attached hydrogen (secondary N) is 1. The summed E-state index contributed by atoms with van der Waals surface area (Å²) in [6.45, 7) is 6.54. The summed E-state index contributed by atoms with van der Waals surface area (Å²) in [6.07, 6.45) is 0. The summed E-state index contributed by atoms with van der Waals surface area (Å²) in [7, 11) is 1.63. The van der Waals surface area contributed by atoms with Crippen molar-refractivity contribution in [2.45, 2.75) is 32.9 Å². The smallest absolute Gasteiger partial charge is 0.322 e. The van der Waals surface area contributed by atoms with Gasteiger partial charge in [0.25, 0.3) is 0 Å². The average molecular weight is 189 g/mol. The van der Waals surface area contributed by atoms with Crippen molar-refractivity contribution in [1.82, 2.24) is 5.32 Å². The molecule has 13 heavy (non-hydrogen) atoms. The van der Waals surface area contributed by atoms with Gasteiger partial charge in [0.1, 0.15) is 6.04 Å². The maximum absolute atomic E-state index is 11.2. The van der Waals surface area contributed by atoms with Crippen molar-refractivity contribution < 1.29 is 14.3 Å². The van der Waals surface area contributed by atoms with Gasteiger partial charge in [-0.2, -0.15) is 0 Å². The van der Waals surface area contributed by atoms with Gasteiger partial charge in [-0.15, -0.1) is 0 Å². The van der Waals surface area contributed by atoms with Gasteiger partial charge in [-0.25, -0.2) is 0 Å². The van der Waals surface area contributed by atoms with Crippen molar-refractivity contribution in [2.75, 3.05) is 20.3 Å². The first-order valence-electron chi connectivity index (χ1n) is 4.53. The van der Waals surface area contributed by atoms with E-state index in [2.05, 4.69) is 5.32 Å². The summed E-state index contributed by atoms with van der Waals surface area (Å²) in [5.74, 6) is -0.217. The molecular formula is C9H19NO3. The molecule has 0 amide bonds. The summed E-state index contributed by atoms with van der Waals surface area (Å²) >= 11 is 0. The van der Waals surface area contributed by atoms with E-state index in [9.17, 15) is 4.79 Å². The van der Waals surface area contributed by atoms with E-state index in [1.165, 1.54) is 0 Å². The second-order valence-corrected chi connectivity index (χ2v) is 3.00. The molecule has 0 fully saturated rings. The maximum Gasteiger partial charge on any atom is 0.322 e. The van der Waals surface area contributed by atoms with Crippen LogP contribution < -0.4 is 5.32 Å². The summed E-state index contributed by atoms with van der Waals surface area (Å²) in [6, 6.07) is -0.116. The Labute approximate surface area is 79.6 Å². The highest BCUT2D eigenvalue weighted by Gasteiger charge is 2.15. The third kappa shape index (κ3) is 5.60. The molecule has 4 heteroatoms. The Hall–Kier alpha value is -0.610. The summed E-state index contributed by atoms with van der Waals surface area (Å²) < 4.78 is 9.77. The van der Waals surface area contributed by atoms with Crippen LogP contribution in [-0.2, 0) is 14.3 Å². The number of hydrogen-bond acceptors (Lipinski definition) is 4. The van der Waals surface area contributed by atoms with Crippen LogP contribution >= 0.6 is 0 Å². The first-order chi connectivity index (χ1) is 6.11. The van der Waals surface area contributed by atoms with Crippen LogP contribution in [0.5, 0.6) is 0 Å². The van der Waals surface area contributed by atoms with E-state index in [-0.39, 0.29) is 18.1 Å². The second-order valence-electron chi connectivity index (χ2n) is 3.00. The van der Waals surface area contributed by atoms with Crippen molar-refractivity contribution in [1.29, 1.82) is 0 Å². The number of esters is 1. The standard InChI is InChI=1S/C9H19NO3/c1-5-13-9(11)8(3)10-7(2)6-12-4/h7-8,10H,5-6H2,1-4H3. The van der Waals surface area contributed by atoms with E-state index in [0.717, 1.165) is 0 Å². The number of rotatable bonds is 6. The van der Waals surface area contributed by atoms with E-state index in [1.807, 2.05) is 6.92 Å². The van der Waals surface area contributed by atoms with E-state index in [1.54, 1.807) is 21.0 Å². The highest BCUT2D eigenvalue weighted by molar-refractivity contribution is 5.75. The molecular weight excluding hydrogens is 170 g/mol. The highest BCUT2D eigenvalue weighted by atomic mass is 16.5. The molecule has 2 atom stereocenters. The Balaban J connectivity index is 3.71. The topological polar surface area (TPSA) is 47.6 Å². The number of carbonyl (C=O) groups excluding carboxylic acids is 1. The lowest BCUT2D eigenvalue weighted by Gasteiger charge is -2.17. The lowest BCUT2D eigenvalue weighted by atomic mass is 10.3. The van der Waals surface area contributed by atoms with E-state index >= 15 is 0 Å². The lowest BCUT2D eigenvalue weighted by Crippen LogP contribution is -2.42. The Bertz CT molecular complexity index is 150. The van der Waals surface area contributed by atoms with E-state index in [0.29, 0.717) is 13.2 Å². The Morgan fingerprint density at radius 3 is 2.54 bits per heavy atom. The van der Waals surface area contributed by atoms with Crippen LogP contribution in [-0.4, -0.2) is 38.4 Å². The van der Waals surface area contributed by atoms with Gasteiger partial charge in [0.15, 0.2) is 0 Å². The minimum absolute atomic E-state index is 0.157. The van der Waals surface area contributed by atoms with Crippen LogP contribution in [0.3, 0.4) is 0 Å². The van der Waals surface area contributed by atoms with Gasteiger partial charge >= 0.3 is 5.97 Å². The molecule has 0 aromatic heterocycles. The predicted octanol–water partition coefficient (Wildman–Crippen LogP) is 0.562. The molecule has 0 rings (SSSR count). The molecule has 0 aromatic carbocycles. The van der Waals surface area contributed by atoms with Gasteiger partial charge in [-0.3, -0.25) is 10.1 Å². The molecule has 0 radical (unpaired) electrons. The highest BCUT2D eigenvalue weighted by Crippen LogP contribution is 1.91. The second kappa shape index (κ2) is 6.86. The number of hydrogen-bond donors (Lipinski definition) is 1. The summed E-state index contributed by atoms with van der Waals surface area (Å²) in [5, 5.41) is 3.07. The summed E-state index contributed by atoms with van der Waals surface area (Å²) in [5.41, 5.74) is 0. The monoisotopic (exact) mass is 189 g/mol. The van der Waals surface area contributed by atoms with Crippen molar-refractivity contribution in [3.8, 4) is 0 Å². The maximum atomic E-state index is 11.2. The van der Waals surface area contributed by atoms with E-state index in [4.69, 9.17) is 9.47 Å². The van der Waals surface area contributed by atoms with Crippen LogP contribution in [0.25, 0.3) is 0 Å². The number of carbonyl (C=O) groups is 1. The summed E-state index contributed by atoms with van der Waals surface area (Å²) in [4.78, 5) is 11.2. The molecule has 0 heterocycles. The van der Waals surface area contributed by atoms with Crippen LogP contribution in [0.1, 0.15) is 20.8 Å².